The summed E-state index contributed by atoms with van der Waals surface area (Å²) in [5, 5.41) is 13.8. The number of nitro groups is 1. The second kappa shape index (κ2) is 6.21. The van der Waals surface area contributed by atoms with Crippen molar-refractivity contribution >= 4 is 17.1 Å². The highest BCUT2D eigenvalue weighted by Gasteiger charge is 2.15. The van der Waals surface area contributed by atoms with Crippen LogP contribution >= 0.6 is 0 Å². The zero-order chi connectivity index (χ0) is 15.4. The normalized spacial score (nSPS) is 10.2. The molecule has 0 radical (unpaired) electrons. The molecule has 0 saturated carbocycles. The average Bonchev–Trinajstić information content (AvgIpc) is 2.47. The molecule has 5 nitrogen and oxygen atoms in total. The summed E-state index contributed by atoms with van der Waals surface area (Å²) in [5.74, 6) is -0.318. The van der Waals surface area contributed by atoms with Crippen molar-refractivity contribution in [2.24, 2.45) is 0 Å². The molecule has 0 heterocycles. The summed E-state index contributed by atoms with van der Waals surface area (Å²) in [6.45, 7) is 0.381. The van der Waals surface area contributed by atoms with Crippen LogP contribution in [0, 0.1) is 15.9 Å². The maximum Gasteiger partial charge on any atom is 0.292 e. The van der Waals surface area contributed by atoms with E-state index in [1.165, 1.54) is 12.1 Å². The quantitative estimate of drug-likeness (QED) is 0.677. The van der Waals surface area contributed by atoms with E-state index in [0.29, 0.717) is 17.9 Å². The first-order valence-corrected chi connectivity index (χ1v) is 6.43. The third-order valence-electron chi connectivity index (χ3n) is 3.21. The van der Waals surface area contributed by atoms with Crippen molar-refractivity contribution < 1.29 is 9.31 Å². The predicted octanol–water partition coefficient (Wildman–Crippen LogP) is 3.41. The Kier molecular flexibility index (Phi) is 4.37. The van der Waals surface area contributed by atoms with E-state index < -0.39 is 4.92 Å². The number of anilines is 2. The molecule has 0 aliphatic heterocycles. The van der Waals surface area contributed by atoms with Crippen molar-refractivity contribution in [2.75, 3.05) is 24.3 Å². The number of nitrogens with zero attached hydrogens (tertiary/aromatic N) is 2. The molecule has 0 aliphatic carbocycles. The maximum atomic E-state index is 13.7. The van der Waals surface area contributed by atoms with E-state index in [1.54, 1.807) is 49.3 Å². The van der Waals surface area contributed by atoms with E-state index in [-0.39, 0.29) is 11.5 Å². The highest BCUT2D eigenvalue weighted by atomic mass is 19.1. The number of hydrogen-bond acceptors (Lipinski definition) is 4. The minimum atomic E-state index is -0.432. The lowest BCUT2D eigenvalue weighted by molar-refractivity contribution is -0.384. The highest BCUT2D eigenvalue weighted by Crippen LogP contribution is 2.26. The van der Waals surface area contributed by atoms with Crippen molar-refractivity contribution in [3.8, 4) is 0 Å². The van der Waals surface area contributed by atoms with Gasteiger partial charge < -0.3 is 10.2 Å². The maximum absolute atomic E-state index is 13.7. The van der Waals surface area contributed by atoms with Crippen molar-refractivity contribution in [3.63, 3.8) is 0 Å². The Balaban J connectivity index is 2.26. The van der Waals surface area contributed by atoms with Gasteiger partial charge in [-0.15, -0.1) is 0 Å². The molecule has 0 spiro atoms. The number of halogens is 1. The van der Waals surface area contributed by atoms with Gasteiger partial charge in [0.15, 0.2) is 0 Å². The lowest BCUT2D eigenvalue weighted by atomic mass is 10.1. The minimum Gasteiger partial charge on any atom is -0.383 e. The van der Waals surface area contributed by atoms with Gasteiger partial charge >= 0.3 is 0 Å². The van der Waals surface area contributed by atoms with Gasteiger partial charge in [0.2, 0.25) is 0 Å². The summed E-state index contributed by atoms with van der Waals surface area (Å²) >= 11 is 0. The van der Waals surface area contributed by atoms with Crippen LogP contribution in [0.25, 0.3) is 0 Å². The smallest absolute Gasteiger partial charge is 0.292 e. The van der Waals surface area contributed by atoms with Crippen LogP contribution in [-0.2, 0) is 6.54 Å². The second-order valence-corrected chi connectivity index (χ2v) is 4.67. The zero-order valence-corrected chi connectivity index (χ0v) is 11.8. The molecule has 0 aliphatic rings. The Morgan fingerprint density at radius 3 is 2.62 bits per heavy atom. The largest absolute Gasteiger partial charge is 0.383 e. The number of nitro benzene ring substituents is 1. The Hall–Kier alpha value is -2.63. The molecule has 1 N–H and O–H groups in total. The van der Waals surface area contributed by atoms with Gasteiger partial charge in [-0.1, -0.05) is 18.2 Å². The van der Waals surface area contributed by atoms with Gasteiger partial charge in [-0.05, 0) is 23.8 Å². The average molecular weight is 289 g/mol. The Labute approximate surface area is 122 Å². The molecule has 21 heavy (non-hydrogen) atoms. The van der Waals surface area contributed by atoms with Crippen molar-refractivity contribution in [1.29, 1.82) is 0 Å². The molecule has 2 rings (SSSR count). The standard InChI is InChI=1S/C15H16FN3O2/c1-17-13-8-7-11(9-15(13)19(20)21)10-18(2)14-6-4-3-5-12(14)16/h3-9,17H,10H2,1-2H3. The molecule has 0 unspecified atom stereocenters. The molecular formula is C15H16FN3O2. The van der Waals surface area contributed by atoms with Gasteiger partial charge in [0.1, 0.15) is 11.5 Å². The molecule has 6 heteroatoms. The molecule has 0 atom stereocenters. The number of hydrogen-bond donors (Lipinski definition) is 1. The molecule has 110 valence electrons. The third kappa shape index (κ3) is 3.28. The van der Waals surface area contributed by atoms with Crippen LogP contribution in [0.2, 0.25) is 0 Å². The van der Waals surface area contributed by atoms with Crippen molar-refractivity contribution in [2.45, 2.75) is 6.54 Å². The summed E-state index contributed by atoms with van der Waals surface area (Å²) in [6, 6.07) is 11.4. The van der Waals surface area contributed by atoms with Crippen LogP contribution in [0.3, 0.4) is 0 Å². The number of benzene rings is 2. The van der Waals surface area contributed by atoms with Crippen LogP contribution in [0.4, 0.5) is 21.5 Å². The molecule has 0 bridgehead atoms. The Morgan fingerprint density at radius 2 is 2.00 bits per heavy atom. The highest BCUT2D eigenvalue weighted by molar-refractivity contribution is 5.62. The van der Waals surface area contributed by atoms with Crippen LogP contribution in [0.15, 0.2) is 42.5 Å². The van der Waals surface area contributed by atoms with Gasteiger partial charge in [0.25, 0.3) is 5.69 Å². The van der Waals surface area contributed by atoms with Gasteiger partial charge in [0.05, 0.1) is 10.6 Å². The van der Waals surface area contributed by atoms with E-state index in [1.807, 2.05) is 0 Å². The van der Waals surface area contributed by atoms with Crippen molar-refractivity contribution in [1.82, 2.24) is 0 Å². The van der Waals surface area contributed by atoms with Crippen LogP contribution < -0.4 is 10.2 Å². The summed E-state index contributed by atoms with van der Waals surface area (Å²) in [5.41, 5.74) is 1.67. The topological polar surface area (TPSA) is 58.4 Å². The molecule has 0 fully saturated rings. The molecule has 2 aromatic carbocycles. The van der Waals surface area contributed by atoms with Crippen molar-refractivity contribution in [3.05, 3.63) is 64.0 Å². The minimum absolute atomic E-state index is 0.0110. The van der Waals surface area contributed by atoms with Gasteiger partial charge in [-0.2, -0.15) is 0 Å². The van der Waals surface area contributed by atoms with E-state index in [4.69, 9.17) is 0 Å². The molecule has 0 amide bonds. The van der Waals surface area contributed by atoms with E-state index in [2.05, 4.69) is 5.32 Å². The molecule has 2 aromatic rings. The first-order chi connectivity index (χ1) is 10.0. The molecule has 0 aromatic heterocycles. The van der Waals surface area contributed by atoms with Gasteiger partial charge in [-0.25, -0.2) is 4.39 Å². The Morgan fingerprint density at radius 1 is 1.29 bits per heavy atom. The summed E-state index contributed by atoms with van der Waals surface area (Å²) in [6.07, 6.45) is 0. The van der Waals surface area contributed by atoms with E-state index >= 15 is 0 Å². The summed E-state index contributed by atoms with van der Waals surface area (Å²) in [7, 11) is 3.38. The van der Waals surface area contributed by atoms with Crippen LogP contribution in [0.1, 0.15) is 5.56 Å². The zero-order valence-electron chi connectivity index (χ0n) is 11.8. The fourth-order valence-electron chi connectivity index (χ4n) is 2.16. The lowest BCUT2D eigenvalue weighted by Gasteiger charge is -2.20. The predicted molar refractivity (Wildman–Crippen MR) is 81.2 cm³/mol. The van der Waals surface area contributed by atoms with Crippen LogP contribution in [-0.4, -0.2) is 19.0 Å². The summed E-state index contributed by atoms with van der Waals surface area (Å²) in [4.78, 5) is 12.3. The fraction of sp³-hybridized carbons (Fsp3) is 0.200. The van der Waals surface area contributed by atoms with E-state index in [0.717, 1.165) is 5.56 Å². The van der Waals surface area contributed by atoms with E-state index in [9.17, 15) is 14.5 Å². The van der Waals surface area contributed by atoms with Gasteiger partial charge in [0, 0.05) is 26.7 Å². The third-order valence-corrected chi connectivity index (χ3v) is 3.21. The van der Waals surface area contributed by atoms with Crippen LogP contribution in [0.5, 0.6) is 0 Å². The van der Waals surface area contributed by atoms with Gasteiger partial charge in [-0.3, -0.25) is 10.1 Å². The number of rotatable bonds is 5. The second-order valence-electron chi connectivity index (χ2n) is 4.67. The SMILES string of the molecule is CNc1ccc(CN(C)c2ccccc2F)cc1[N+](=O)[O-]. The monoisotopic (exact) mass is 289 g/mol. The number of para-hydroxylation sites is 1. The first kappa shape index (κ1) is 14.8. The number of nitrogens with one attached hydrogen (secondary N) is 1. The molecule has 0 saturated heterocycles. The lowest BCUT2D eigenvalue weighted by Crippen LogP contribution is -2.17. The Bertz CT molecular complexity index is 661. The first-order valence-electron chi connectivity index (χ1n) is 6.43. The molecular weight excluding hydrogens is 273 g/mol. The summed E-state index contributed by atoms with van der Waals surface area (Å²) < 4.78 is 13.7. The fourth-order valence-corrected chi connectivity index (χ4v) is 2.16.